The fourth-order valence-electron chi connectivity index (χ4n) is 2.18. The summed E-state index contributed by atoms with van der Waals surface area (Å²) in [6, 6.07) is 6.63. The van der Waals surface area contributed by atoms with Crippen molar-refractivity contribution >= 4 is 29.7 Å². The van der Waals surface area contributed by atoms with Gasteiger partial charge >= 0.3 is 6.09 Å². The highest BCUT2D eigenvalue weighted by molar-refractivity contribution is 7.98. The molecule has 1 aromatic carbocycles. The number of imide groups is 1. The second kappa shape index (κ2) is 6.62. The van der Waals surface area contributed by atoms with Crippen LogP contribution in [0.2, 0.25) is 0 Å². The molecule has 7 heteroatoms. The highest BCUT2D eigenvalue weighted by atomic mass is 32.2. The molecule has 1 atom stereocenters. The minimum absolute atomic E-state index is 0.364. The quantitative estimate of drug-likeness (QED) is 0.838. The van der Waals surface area contributed by atoms with E-state index in [1.54, 1.807) is 36.0 Å². The molecule has 0 saturated carbocycles. The monoisotopic (exact) mass is 308 g/mol. The lowest BCUT2D eigenvalue weighted by atomic mass is 10.1. The Bertz CT molecular complexity index is 541. The average molecular weight is 308 g/mol. The van der Waals surface area contributed by atoms with Crippen LogP contribution in [0, 0.1) is 0 Å². The van der Waals surface area contributed by atoms with Gasteiger partial charge in [-0.1, -0.05) is 12.1 Å². The van der Waals surface area contributed by atoms with Crippen molar-refractivity contribution in [3.8, 4) is 0 Å². The number of rotatable bonds is 5. The van der Waals surface area contributed by atoms with Crippen LogP contribution in [0.5, 0.6) is 0 Å². The maximum absolute atomic E-state index is 12.4. The first-order valence-corrected chi connectivity index (χ1v) is 7.80. The number of benzene rings is 1. The van der Waals surface area contributed by atoms with Crippen molar-refractivity contribution in [3.63, 3.8) is 0 Å². The number of fused-ring (bicyclic) bond motifs is 1. The highest BCUT2D eigenvalue weighted by Gasteiger charge is 2.40. The molecule has 0 saturated heterocycles. The average Bonchev–Trinajstić information content (AvgIpc) is 2.76. The molecule has 1 aliphatic rings. The third kappa shape index (κ3) is 3.02. The Kier molecular flexibility index (Phi) is 4.85. The van der Waals surface area contributed by atoms with Crippen LogP contribution < -0.4 is 5.32 Å². The topological polar surface area (TPSA) is 75.7 Å². The van der Waals surface area contributed by atoms with Crippen molar-refractivity contribution in [3.05, 3.63) is 35.4 Å². The molecule has 112 valence electrons. The van der Waals surface area contributed by atoms with Crippen LogP contribution in [0.15, 0.2) is 24.3 Å². The number of amides is 3. The molecule has 1 unspecified atom stereocenters. The Morgan fingerprint density at radius 3 is 2.33 bits per heavy atom. The lowest BCUT2D eigenvalue weighted by molar-refractivity contribution is 0.0547. The minimum atomic E-state index is -0.711. The summed E-state index contributed by atoms with van der Waals surface area (Å²) in [5, 5.41) is 2.55. The number of hydrogen-bond donors (Lipinski definition) is 1. The number of methoxy groups -OCH3 is 1. The summed E-state index contributed by atoms with van der Waals surface area (Å²) in [4.78, 5) is 37.3. The number of ether oxygens (including phenoxy) is 1. The Hall–Kier alpha value is -2.02. The zero-order chi connectivity index (χ0) is 15.4. The molecule has 6 nitrogen and oxygen atoms in total. The Balaban J connectivity index is 2.26. The number of thioether (sulfide) groups is 1. The van der Waals surface area contributed by atoms with Gasteiger partial charge in [0.25, 0.3) is 11.8 Å². The summed E-state index contributed by atoms with van der Waals surface area (Å²) < 4.78 is 4.56. The molecule has 1 aliphatic heterocycles. The van der Waals surface area contributed by atoms with Gasteiger partial charge in [0, 0.05) is 0 Å². The van der Waals surface area contributed by atoms with Crippen LogP contribution >= 0.6 is 11.8 Å². The van der Waals surface area contributed by atoms with Gasteiger partial charge in [-0.3, -0.25) is 14.5 Å². The first-order chi connectivity index (χ1) is 10.1. The zero-order valence-corrected chi connectivity index (χ0v) is 12.6. The number of nitrogens with zero attached hydrogens (tertiary/aromatic N) is 1. The standard InChI is InChI=1S/C14H16N2O4S/c1-20-14(19)15-11(7-8-21-2)16-12(17)9-5-3-4-6-10(9)13(16)18/h3-6,11H,7-8H2,1-2H3,(H,15,19). The van der Waals surface area contributed by atoms with Crippen LogP contribution in [-0.4, -0.2) is 48.1 Å². The second-order valence-electron chi connectivity index (χ2n) is 4.46. The molecule has 0 aromatic heterocycles. The summed E-state index contributed by atoms with van der Waals surface area (Å²) >= 11 is 1.57. The van der Waals surface area contributed by atoms with Gasteiger partial charge in [0.05, 0.1) is 18.2 Å². The van der Waals surface area contributed by atoms with Crippen molar-refractivity contribution in [2.75, 3.05) is 19.1 Å². The van der Waals surface area contributed by atoms with Gasteiger partial charge in [0.15, 0.2) is 0 Å². The molecule has 1 N–H and O–H groups in total. The molecule has 0 bridgehead atoms. The normalized spacial score (nSPS) is 14.9. The van der Waals surface area contributed by atoms with Crippen LogP contribution in [0.3, 0.4) is 0 Å². The van der Waals surface area contributed by atoms with Gasteiger partial charge in [-0.2, -0.15) is 11.8 Å². The molecule has 1 aromatic rings. The summed E-state index contributed by atoms with van der Waals surface area (Å²) in [5.41, 5.74) is 0.728. The van der Waals surface area contributed by atoms with Gasteiger partial charge < -0.3 is 10.1 Å². The van der Waals surface area contributed by atoms with Crippen molar-refractivity contribution in [2.24, 2.45) is 0 Å². The van der Waals surface area contributed by atoms with Gasteiger partial charge in [-0.05, 0) is 30.6 Å². The lowest BCUT2D eigenvalue weighted by Gasteiger charge is -2.26. The number of carbonyl (C=O) groups is 3. The third-order valence-electron chi connectivity index (χ3n) is 3.20. The fourth-order valence-corrected chi connectivity index (χ4v) is 2.64. The molecule has 0 spiro atoms. The minimum Gasteiger partial charge on any atom is -0.453 e. The van der Waals surface area contributed by atoms with E-state index in [0.29, 0.717) is 23.3 Å². The van der Waals surface area contributed by atoms with E-state index in [4.69, 9.17) is 0 Å². The smallest absolute Gasteiger partial charge is 0.408 e. The molecular weight excluding hydrogens is 292 g/mol. The van der Waals surface area contributed by atoms with Gasteiger partial charge in [-0.25, -0.2) is 4.79 Å². The fraction of sp³-hybridized carbons (Fsp3) is 0.357. The van der Waals surface area contributed by atoms with Crippen molar-refractivity contribution in [2.45, 2.75) is 12.6 Å². The van der Waals surface area contributed by atoms with Crippen LogP contribution in [0.25, 0.3) is 0 Å². The molecule has 2 rings (SSSR count). The number of alkyl carbamates (subject to hydrolysis) is 1. The predicted octanol–water partition coefficient (Wildman–Crippen LogP) is 1.72. The Morgan fingerprint density at radius 2 is 1.86 bits per heavy atom. The van der Waals surface area contributed by atoms with E-state index in [9.17, 15) is 14.4 Å². The Labute approximate surface area is 126 Å². The predicted molar refractivity (Wildman–Crippen MR) is 79.3 cm³/mol. The van der Waals surface area contributed by atoms with E-state index in [-0.39, 0.29) is 0 Å². The number of nitrogens with one attached hydrogen (secondary N) is 1. The third-order valence-corrected chi connectivity index (χ3v) is 3.85. The van der Waals surface area contributed by atoms with Gasteiger partial charge in [-0.15, -0.1) is 0 Å². The molecule has 21 heavy (non-hydrogen) atoms. The maximum atomic E-state index is 12.4. The van der Waals surface area contributed by atoms with Crippen molar-refractivity contribution in [1.82, 2.24) is 10.2 Å². The highest BCUT2D eigenvalue weighted by Crippen LogP contribution is 2.25. The number of carbonyl (C=O) groups excluding carboxylic acids is 3. The molecule has 1 heterocycles. The summed E-state index contributed by atoms with van der Waals surface area (Å²) in [5.74, 6) is -0.0848. The van der Waals surface area contributed by atoms with E-state index < -0.39 is 24.1 Å². The molecule has 0 radical (unpaired) electrons. The SMILES string of the molecule is COC(=O)NC(CCSC)N1C(=O)c2ccccc2C1=O. The molecule has 0 fully saturated rings. The first-order valence-electron chi connectivity index (χ1n) is 6.40. The molecular formula is C14H16N2O4S. The van der Waals surface area contributed by atoms with E-state index in [1.807, 2.05) is 6.26 Å². The molecule has 0 aliphatic carbocycles. The second-order valence-corrected chi connectivity index (χ2v) is 5.44. The maximum Gasteiger partial charge on any atom is 0.408 e. The summed E-state index contributed by atoms with van der Waals surface area (Å²) in [6.07, 6.45) is 0.995. The van der Waals surface area contributed by atoms with E-state index in [1.165, 1.54) is 7.11 Å². The molecule has 3 amide bonds. The van der Waals surface area contributed by atoms with E-state index in [0.717, 1.165) is 4.90 Å². The largest absolute Gasteiger partial charge is 0.453 e. The van der Waals surface area contributed by atoms with Crippen LogP contribution in [0.4, 0.5) is 4.79 Å². The van der Waals surface area contributed by atoms with Crippen molar-refractivity contribution < 1.29 is 19.1 Å². The lowest BCUT2D eigenvalue weighted by Crippen LogP contribution is -2.51. The summed E-state index contributed by atoms with van der Waals surface area (Å²) in [6.45, 7) is 0. The van der Waals surface area contributed by atoms with Crippen LogP contribution in [0.1, 0.15) is 27.1 Å². The zero-order valence-electron chi connectivity index (χ0n) is 11.8. The van der Waals surface area contributed by atoms with Crippen LogP contribution in [-0.2, 0) is 4.74 Å². The summed E-state index contributed by atoms with van der Waals surface area (Å²) in [7, 11) is 1.24. The van der Waals surface area contributed by atoms with E-state index >= 15 is 0 Å². The van der Waals surface area contributed by atoms with Gasteiger partial charge in [0.2, 0.25) is 0 Å². The van der Waals surface area contributed by atoms with Gasteiger partial charge in [0.1, 0.15) is 6.17 Å². The first kappa shape index (κ1) is 15.4. The van der Waals surface area contributed by atoms with E-state index in [2.05, 4.69) is 10.1 Å². The van der Waals surface area contributed by atoms with Crippen molar-refractivity contribution in [1.29, 1.82) is 0 Å². The Morgan fingerprint density at radius 1 is 1.29 bits per heavy atom. The number of hydrogen-bond acceptors (Lipinski definition) is 5.